The van der Waals surface area contributed by atoms with Crippen molar-refractivity contribution in [3.05, 3.63) is 17.8 Å². The van der Waals surface area contributed by atoms with E-state index in [1.165, 1.54) is 7.11 Å². The molecule has 1 aromatic rings. The van der Waals surface area contributed by atoms with Crippen molar-refractivity contribution in [1.82, 2.24) is 10.3 Å². The molecule has 13 heavy (non-hydrogen) atoms. The van der Waals surface area contributed by atoms with Crippen molar-refractivity contribution in [3.8, 4) is 0 Å². The van der Waals surface area contributed by atoms with E-state index in [1.807, 2.05) is 0 Å². The van der Waals surface area contributed by atoms with Crippen molar-refractivity contribution in [3.63, 3.8) is 0 Å². The molecule has 1 unspecified atom stereocenters. The highest BCUT2D eigenvalue weighted by atomic mass is 16.5. The van der Waals surface area contributed by atoms with Gasteiger partial charge in [0.1, 0.15) is 11.8 Å². The maximum Gasteiger partial charge on any atom is 0.407 e. The van der Waals surface area contributed by atoms with Crippen LogP contribution in [0.25, 0.3) is 0 Å². The number of ether oxygens (including phenoxy) is 1. The summed E-state index contributed by atoms with van der Waals surface area (Å²) in [6, 6.07) is -0.277. The molecule has 0 saturated heterocycles. The second-order valence-corrected chi connectivity index (χ2v) is 2.67. The zero-order valence-corrected chi connectivity index (χ0v) is 7.83. The minimum atomic E-state index is -0.497. The fourth-order valence-electron chi connectivity index (χ4n) is 0.870. The number of carbonyl (C=O) groups excluding carboxylic acids is 1. The first-order valence-corrected chi connectivity index (χ1v) is 3.90. The maximum absolute atomic E-state index is 10.8. The number of rotatable bonds is 2. The van der Waals surface area contributed by atoms with Crippen molar-refractivity contribution >= 4 is 6.09 Å². The molecule has 0 radical (unpaired) electrons. The van der Waals surface area contributed by atoms with Crippen LogP contribution in [0.4, 0.5) is 4.79 Å². The molecule has 0 fully saturated rings. The van der Waals surface area contributed by atoms with Crippen LogP contribution in [0.2, 0.25) is 0 Å². The highest BCUT2D eigenvalue weighted by Crippen LogP contribution is 2.11. The Hall–Kier alpha value is -1.52. The third-order valence-electron chi connectivity index (χ3n) is 1.53. The fourth-order valence-corrected chi connectivity index (χ4v) is 0.870. The Balaban J connectivity index is 2.58. The van der Waals surface area contributed by atoms with Crippen LogP contribution in [0.3, 0.4) is 0 Å². The Morgan fingerprint density at radius 3 is 2.92 bits per heavy atom. The van der Waals surface area contributed by atoms with Crippen LogP contribution in [0, 0.1) is 6.92 Å². The fraction of sp³-hybridized carbons (Fsp3) is 0.500. The normalized spacial score (nSPS) is 12.2. The molecule has 0 spiro atoms. The third-order valence-corrected chi connectivity index (χ3v) is 1.53. The van der Waals surface area contributed by atoms with Gasteiger partial charge in [-0.2, -0.15) is 0 Å². The predicted molar refractivity (Wildman–Crippen MR) is 45.2 cm³/mol. The number of methoxy groups -OCH3 is 1. The number of carbonyl (C=O) groups is 1. The van der Waals surface area contributed by atoms with E-state index in [1.54, 1.807) is 20.0 Å². The van der Waals surface area contributed by atoms with Gasteiger partial charge in [0, 0.05) is 0 Å². The van der Waals surface area contributed by atoms with E-state index in [0.717, 1.165) is 0 Å². The van der Waals surface area contributed by atoms with E-state index in [4.69, 9.17) is 4.42 Å². The van der Waals surface area contributed by atoms with Crippen LogP contribution in [0.5, 0.6) is 0 Å². The zero-order valence-electron chi connectivity index (χ0n) is 7.83. The maximum atomic E-state index is 10.8. The number of nitrogens with one attached hydrogen (secondary N) is 1. The summed E-state index contributed by atoms with van der Waals surface area (Å²) in [4.78, 5) is 14.8. The molecule has 0 aromatic carbocycles. The Morgan fingerprint density at radius 2 is 2.46 bits per heavy atom. The van der Waals surface area contributed by atoms with Gasteiger partial charge in [-0.05, 0) is 13.8 Å². The number of alkyl carbamates (subject to hydrolysis) is 1. The van der Waals surface area contributed by atoms with Gasteiger partial charge in [0.15, 0.2) is 0 Å². The first-order valence-electron chi connectivity index (χ1n) is 3.90. The van der Waals surface area contributed by atoms with Crippen LogP contribution < -0.4 is 5.32 Å². The molecule has 1 heterocycles. The molecule has 0 aliphatic rings. The van der Waals surface area contributed by atoms with Crippen molar-refractivity contribution < 1.29 is 13.9 Å². The minimum absolute atomic E-state index is 0.277. The lowest BCUT2D eigenvalue weighted by Crippen LogP contribution is -2.26. The van der Waals surface area contributed by atoms with E-state index in [-0.39, 0.29) is 6.04 Å². The quantitative estimate of drug-likeness (QED) is 0.754. The molecule has 5 nitrogen and oxygen atoms in total. The number of hydrogen-bond acceptors (Lipinski definition) is 4. The zero-order chi connectivity index (χ0) is 9.84. The average molecular weight is 184 g/mol. The summed E-state index contributed by atoms with van der Waals surface area (Å²) >= 11 is 0. The van der Waals surface area contributed by atoms with Gasteiger partial charge in [-0.3, -0.25) is 0 Å². The Morgan fingerprint density at radius 1 is 1.77 bits per heavy atom. The molecule has 0 aliphatic heterocycles. The van der Waals surface area contributed by atoms with Crippen molar-refractivity contribution in [2.75, 3.05) is 7.11 Å². The van der Waals surface area contributed by atoms with Crippen LogP contribution >= 0.6 is 0 Å². The van der Waals surface area contributed by atoms with E-state index in [9.17, 15) is 4.79 Å². The summed E-state index contributed by atoms with van der Waals surface area (Å²) < 4.78 is 9.64. The van der Waals surface area contributed by atoms with Gasteiger partial charge in [0.25, 0.3) is 0 Å². The van der Waals surface area contributed by atoms with Gasteiger partial charge in [-0.25, -0.2) is 9.78 Å². The van der Waals surface area contributed by atoms with Crippen molar-refractivity contribution in [2.24, 2.45) is 0 Å². The number of oxazole rings is 1. The Bertz CT molecular complexity index is 295. The molecule has 1 atom stereocenters. The second-order valence-electron chi connectivity index (χ2n) is 2.67. The summed E-state index contributed by atoms with van der Waals surface area (Å²) in [6.45, 7) is 3.56. The highest BCUT2D eigenvalue weighted by molar-refractivity contribution is 5.67. The monoisotopic (exact) mass is 184 g/mol. The molecule has 1 amide bonds. The largest absolute Gasteiger partial charge is 0.453 e. The van der Waals surface area contributed by atoms with Crippen molar-refractivity contribution in [1.29, 1.82) is 0 Å². The molecule has 0 bridgehead atoms. The summed E-state index contributed by atoms with van der Waals surface area (Å²) in [5.74, 6) is 1.19. The smallest absolute Gasteiger partial charge is 0.407 e. The van der Waals surface area contributed by atoms with Crippen molar-refractivity contribution in [2.45, 2.75) is 19.9 Å². The van der Waals surface area contributed by atoms with Gasteiger partial charge in [0.2, 0.25) is 5.89 Å². The predicted octanol–water partition coefficient (Wildman–Crippen LogP) is 1.40. The lowest BCUT2D eigenvalue weighted by Gasteiger charge is -2.08. The Labute approximate surface area is 76.1 Å². The molecule has 0 aliphatic carbocycles. The van der Waals surface area contributed by atoms with Gasteiger partial charge in [-0.1, -0.05) is 0 Å². The van der Waals surface area contributed by atoms with Gasteiger partial charge >= 0.3 is 6.09 Å². The summed E-state index contributed by atoms with van der Waals surface area (Å²) in [7, 11) is 1.31. The Kier molecular flexibility index (Phi) is 2.89. The number of nitrogens with zero attached hydrogens (tertiary/aromatic N) is 1. The number of aryl methyl sites for hydroxylation is 1. The molecular formula is C8H12N2O3. The summed E-state index contributed by atoms with van der Waals surface area (Å²) in [6.07, 6.45) is 1.11. The molecule has 1 rings (SSSR count). The third kappa shape index (κ3) is 2.47. The average Bonchev–Trinajstić information content (AvgIpc) is 2.51. The van der Waals surface area contributed by atoms with Crippen LogP contribution in [-0.2, 0) is 4.74 Å². The molecule has 5 heteroatoms. The van der Waals surface area contributed by atoms with Crippen LogP contribution in [-0.4, -0.2) is 18.2 Å². The molecular weight excluding hydrogens is 172 g/mol. The minimum Gasteiger partial charge on any atom is -0.453 e. The van der Waals surface area contributed by atoms with Gasteiger partial charge in [-0.15, -0.1) is 0 Å². The highest BCUT2D eigenvalue weighted by Gasteiger charge is 2.13. The van der Waals surface area contributed by atoms with E-state index in [0.29, 0.717) is 11.7 Å². The molecule has 1 aromatic heterocycles. The number of aromatic nitrogens is 1. The first-order chi connectivity index (χ1) is 6.13. The lowest BCUT2D eigenvalue weighted by molar-refractivity contribution is 0.165. The SMILES string of the molecule is COC(=O)NC(C)c1ncc(C)o1. The summed E-state index contributed by atoms with van der Waals surface area (Å²) in [5, 5.41) is 2.54. The molecule has 1 N–H and O–H groups in total. The molecule has 0 saturated carbocycles. The van der Waals surface area contributed by atoms with Gasteiger partial charge < -0.3 is 14.5 Å². The summed E-state index contributed by atoms with van der Waals surface area (Å²) in [5.41, 5.74) is 0. The van der Waals surface area contributed by atoms with E-state index >= 15 is 0 Å². The number of amides is 1. The van der Waals surface area contributed by atoms with Gasteiger partial charge in [0.05, 0.1) is 13.3 Å². The molecule has 72 valence electrons. The second kappa shape index (κ2) is 3.93. The first kappa shape index (κ1) is 9.57. The number of hydrogen-bond donors (Lipinski definition) is 1. The van der Waals surface area contributed by atoms with Crippen LogP contribution in [0.1, 0.15) is 24.6 Å². The topological polar surface area (TPSA) is 64.4 Å². The van der Waals surface area contributed by atoms with E-state index < -0.39 is 6.09 Å². The lowest BCUT2D eigenvalue weighted by atomic mass is 10.3. The van der Waals surface area contributed by atoms with Crippen LogP contribution in [0.15, 0.2) is 10.6 Å². The standard InChI is InChI=1S/C8H12N2O3/c1-5-4-9-7(13-5)6(2)10-8(11)12-3/h4,6H,1-3H3,(H,10,11). The van der Waals surface area contributed by atoms with E-state index in [2.05, 4.69) is 15.0 Å².